The maximum atomic E-state index is 13.9. The molecule has 0 spiro atoms. The number of hydrogen-bond acceptors (Lipinski definition) is 4. The van der Waals surface area contributed by atoms with Crippen LogP contribution in [0.15, 0.2) is 42.5 Å². The Hall–Kier alpha value is -2.83. The number of nitrogens with two attached hydrogens (primary N) is 1. The van der Waals surface area contributed by atoms with E-state index >= 15 is 0 Å². The van der Waals surface area contributed by atoms with Crippen LogP contribution in [0, 0.1) is 11.6 Å². The fourth-order valence-electron chi connectivity index (χ4n) is 1.83. The maximum Gasteiger partial charge on any atom is 0.190 e. The highest BCUT2D eigenvalue weighted by atomic mass is 19.1. The summed E-state index contributed by atoms with van der Waals surface area (Å²) >= 11 is 0. The molecule has 20 heavy (non-hydrogen) atoms. The van der Waals surface area contributed by atoms with E-state index in [4.69, 9.17) is 5.73 Å². The Kier molecular flexibility index (Phi) is 2.86. The van der Waals surface area contributed by atoms with E-state index in [-0.39, 0.29) is 17.2 Å². The number of halogens is 2. The maximum absolute atomic E-state index is 13.9. The van der Waals surface area contributed by atoms with Crippen LogP contribution in [0.5, 0.6) is 0 Å². The van der Waals surface area contributed by atoms with Gasteiger partial charge in [-0.15, -0.1) is 5.10 Å². The molecule has 3 aromatic rings. The molecule has 3 rings (SSSR count). The zero-order chi connectivity index (χ0) is 14.1. The van der Waals surface area contributed by atoms with Crippen LogP contribution in [0.25, 0.3) is 17.1 Å². The molecule has 0 bridgehead atoms. The molecule has 0 fully saturated rings. The minimum Gasteiger partial charge on any atom is -0.399 e. The summed E-state index contributed by atoms with van der Waals surface area (Å²) in [4.78, 5) is 0. The lowest BCUT2D eigenvalue weighted by Gasteiger charge is -2.06. The number of aromatic nitrogens is 4. The van der Waals surface area contributed by atoms with Gasteiger partial charge >= 0.3 is 0 Å². The van der Waals surface area contributed by atoms with Gasteiger partial charge in [0.1, 0.15) is 11.6 Å². The molecule has 7 heteroatoms. The molecule has 0 amide bonds. The average molecular weight is 273 g/mol. The van der Waals surface area contributed by atoms with Crippen LogP contribution in [0.4, 0.5) is 14.5 Å². The molecule has 2 aromatic carbocycles. The van der Waals surface area contributed by atoms with E-state index < -0.39 is 5.82 Å². The Labute approximate surface area is 112 Å². The van der Waals surface area contributed by atoms with E-state index in [1.165, 1.54) is 47.1 Å². The van der Waals surface area contributed by atoms with Crippen LogP contribution in [0.3, 0.4) is 0 Å². The van der Waals surface area contributed by atoms with Gasteiger partial charge in [0, 0.05) is 5.69 Å². The summed E-state index contributed by atoms with van der Waals surface area (Å²) < 4.78 is 28.1. The lowest BCUT2D eigenvalue weighted by atomic mass is 10.1. The number of tetrazole rings is 1. The average Bonchev–Trinajstić information content (AvgIpc) is 2.91. The minimum atomic E-state index is -0.489. The van der Waals surface area contributed by atoms with Crippen molar-refractivity contribution in [2.24, 2.45) is 0 Å². The van der Waals surface area contributed by atoms with Crippen LogP contribution in [-0.4, -0.2) is 20.2 Å². The number of anilines is 1. The number of rotatable bonds is 2. The predicted octanol–water partition coefficient (Wildman–Crippen LogP) is 2.19. The molecule has 0 unspecified atom stereocenters. The van der Waals surface area contributed by atoms with E-state index in [0.717, 1.165) is 0 Å². The van der Waals surface area contributed by atoms with Crippen LogP contribution in [0.1, 0.15) is 0 Å². The first-order chi connectivity index (χ1) is 9.65. The van der Waals surface area contributed by atoms with Crippen LogP contribution in [0.2, 0.25) is 0 Å². The second-order valence-corrected chi connectivity index (χ2v) is 4.13. The van der Waals surface area contributed by atoms with Crippen LogP contribution < -0.4 is 5.73 Å². The van der Waals surface area contributed by atoms with Crippen LogP contribution in [-0.2, 0) is 0 Å². The Bertz CT molecular complexity index is 752. The van der Waals surface area contributed by atoms with Crippen molar-refractivity contribution >= 4 is 5.69 Å². The predicted molar refractivity (Wildman–Crippen MR) is 68.9 cm³/mol. The van der Waals surface area contributed by atoms with Gasteiger partial charge in [0.2, 0.25) is 0 Å². The molecule has 1 aromatic heterocycles. The number of nitrogen functional groups attached to an aromatic ring is 1. The standard InChI is InChI=1S/C13H9F2N5/c14-8-1-4-10(5-2-8)20-13(17-18-19-20)11-7-9(16)3-6-12(11)15/h1-7H,16H2. The van der Waals surface area contributed by atoms with Gasteiger partial charge in [0.05, 0.1) is 11.3 Å². The summed E-state index contributed by atoms with van der Waals surface area (Å²) in [5.41, 5.74) is 6.75. The third-order valence-electron chi connectivity index (χ3n) is 2.77. The molecule has 0 saturated carbocycles. The molecule has 0 atom stereocenters. The number of benzene rings is 2. The second-order valence-electron chi connectivity index (χ2n) is 4.13. The molecule has 0 radical (unpaired) electrons. The summed E-state index contributed by atoms with van der Waals surface area (Å²) in [5, 5.41) is 11.1. The molecule has 2 N–H and O–H groups in total. The molecular weight excluding hydrogens is 264 g/mol. The fraction of sp³-hybridized carbons (Fsp3) is 0. The zero-order valence-corrected chi connectivity index (χ0v) is 10.2. The van der Waals surface area contributed by atoms with Gasteiger partial charge in [-0.05, 0) is 52.9 Å². The van der Waals surface area contributed by atoms with Crippen molar-refractivity contribution in [3.63, 3.8) is 0 Å². The summed E-state index contributed by atoms with van der Waals surface area (Å²) in [6.45, 7) is 0. The molecule has 0 aliphatic carbocycles. The van der Waals surface area contributed by atoms with Crippen molar-refractivity contribution in [1.29, 1.82) is 0 Å². The summed E-state index contributed by atoms with van der Waals surface area (Å²) in [6, 6.07) is 9.69. The Balaban J connectivity index is 2.15. The van der Waals surface area contributed by atoms with Gasteiger partial charge in [0.25, 0.3) is 0 Å². The quantitative estimate of drug-likeness (QED) is 0.727. The van der Waals surface area contributed by atoms with Gasteiger partial charge in [-0.3, -0.25) is 0 Å². The first-order valence-electron chi connectivity index (χ1n) is 5.75. The molecule has 1 heterocycles. The molecule has 0 aliphatic rings. The van der Waals surface area contributed by atoms with E-state index in [1.807, 2.05) is 0 Å². The number of hydrogen-bond donors (Lipinski definition) is 1. The summed E-state index contributed by atoms with van der Waals surface area (Å²) in [6.07, 6.45) is 0. The highest BCUT2D eigenvalue weighted by molar-refractivity contribution is 5.63. The molecular formula is C13H9F2N5. The van der Waals surface area contributed by atoms with Crippen molar-refractivity contribution in [3.8, 4) is 17.1 Å². The highest BCUT2D eigenvalue weighted by Crippen LogP contribution is 2.24. The normalized spacial score (nSPS) is 10.7. The Morgan fingerprint density at radius 2 is 1.75 bits per heavy atom. The van der Waals surface area contributed by atoms with E-state index in [1.54, 1.807) is 0 Å². The third kappa shape index (κ3) is 2.09. The zero-order valence-electron chi connectivity index (χ0n) is 10.2. The van der Waals surface area contributed by atoms with Crippen molar-refractivity contribution in [3.05, 3.63) is 54.1 Å². The third-order valence-corrected chi connectivity index (χ3v) is 2.77. The topological polar surface area (TPSA) is 69.6 Å². The Morgan fingerprint density at radius 1 is 1.00 bits per heavy atom. The lowest BCUT2D eigenvalue weighted by Crippen LogP contribution is -2.01. The molecule has 0 saturated heterocycles. The second kappa shape index (κ2) is 4.69. The highest BCUT2D eigenvalue weighted by Gasteiger charge is 2.15. The van der Waals surface area contributed by atoms with E-state index in [9.17, 15) is 8.78 Å². The van der Waals surface area contributed by atoms with E-state index in [2.05, 4.69) is 15.5 Å². The molecule has 0 aliphatic heterocycles. The fourth-order valence-corrected chi connectivity index (χ4v) is 1.83. The van der Waals surface area contributed by atoms with Crippen molar-refractivity contribution in [1.82, 2.24) is 20.2 Å². The van der Waals surface area contributed by atoms with Gasteiger partial charge in [-0.1, -0.05) is 0 Å². The minimum absolute atomic E-state index is 0.180. The first kappa shape index (κ1) is 12.2. The van der Waals surface area contributed by atoms with E-state index in [0.29, 0.717) is 11.4 Å². The van der Waals surface area contributed by atoms with Crippen molar-refractivity contribution < 1.29 is 8.78 Å². The Morgan fingerprint density at radius 3 is 2.50 bits per heavy atom. The largest absolute Gasteiger partial charge is 0.399 e. The van der Waals surface area contributed by atoms with Gasteiger partial charge in [-0.2, -0.15) is 4.68 Å². The van der Waals surface area contributed by atoms with Crippen LogP contribution >= 0.6 is 0 Å². The van der Waals surface area contributed by atoms with Crippen molar-refractivity contribution in [2.45, 2.75) is 0 Å². The lowest BCUT2D eigenvalue weighted by molar-refractivity contribution is 0.625. The monoisotopic (exact) mass is 273 g/mol. The SMILES string of the molecule is Nc1ccc(F)c(-c2nnnn2-c2ccc(F)cc2)c1. The smallest absolute Gasteiger partial charge is 0.190 e. The summed E-state index contributed by atoms with van der Waals surface area (Å²) in [7, 11) is 0. The van der Waals surface area contributed by atoms with Crippen molar-refractivity contribution in [2.75, 3.05) is 5.73 Å². The molecule has 5 nitrogen and oxygen atoms in total. The number of nitrogens with zero attached hydrogens (tertiary/aromatic N) is 4. The first-order valence-corrected chi connectivity index (χ1v) is 5.75. The summed E-state index contributed by atoms with van der Waals surface area (Å²) in [5.74, 6) is -0.669. The van der Waals surface area contributed by atoms with Gasteiger partial charge in [0.15, 0.2) is 5.82 Å². The molecule has 100 valence electrons. The van der Waals surface area contributed by atoms with Gasteiger partial charge < -0.3 is 5.73 Å². The van der Waals surface area contributed by atoms with Gasteiger partial charge in [-0.25, -0.2) is 8.78 Å².